The maximum atomic E-state index is 14.0. The normalized spacial score (nSPS) is 11.2. The van der Waals surface area contributed by atoms with Crippen molar-refractivity contribution in [3.8, 4) is 16.9 Å². The van der Waals surface area contributed by atoms with E-state index in [1.165, 1.54) is 17.7 Å². The summed E-state index contributed by atoms with van der Waals surface area (Å²) >= 11 is 0. The zero-order valence-corrected chi connectivity index (χ0v) is 18.0. The summed E-state index contributed by atoms with van der Waals surface area (Å²) in [6.07, 6.45) is 0.876. The second-order valence-electron chi connectivity index (χ2n) is 7.90. The number of halogens is 1. The Labute approximate surface area is 190 Å². The molecule has 0 saturated heterocycles. The Morgan fingerprint density at radius 1 is 0.909 bits per heavy atom. The first-order chi connectivity index (χ1) is 16.2. The molecule has 2 aromatic heterocycles. The molecule has 0 aliphatic rings. The van der Waals surface area contributed by atoms with E-state index >= 15 is 0 Å². The highest BCUT2D eigenvalue weighted by atomic mass is 19.1. The molecular weight excluding hydrogens is 415 g/mol. The highest BCUT2D eigenvalue weighted by Gasteiger charge is 2.17. The SMILES string of the molecule is O=c1[nH]c2c(cc1CNCCc1ccccc1)c(-c1cccc(F)c1)nn2-c1ccccc1. The Hall–Kier alpha value is -4.03. The maximum absolute atomic E-state index is 14.0. The number of H-pyrrole nitrogens is 1. The van der Waals surface area contributed by atoms with Gasteiger partial charge < -0.3 is 10.3 Å². The van der Waals surface area contributed by atoms with Gasteiger partial charge in [-0.25, -0.2) is 9.07 Å². The third kappa shape index (κ3) is 4.47. The van der Waals surface area contributed by atoms with Crippen molar-refractivity contribution < 1.29 is 4.39 Å². The van der Waals surface area contributed by atoms with Crippen molar-refractivity contribution in [3.05, 3.63) is 118 Å². The van der Waals surface area contributed by atoms with Gasteiger partial charge in [0, 0.05) is 23.1 Å². The van der Waals surface area contributed by atoms with Crippen LogP contribution in [0, 0.1) is 5.82 Å². The molecule has 0 amide bonds. The average molecular weight is 439 g/mol. The van der Waals surface area contributed by atoms with E-state index in [4.69, 9.17) is 5.10 Å². The van der Waals surface area contributed by atoms with E-state index in [9.17, 15) is 9.18 Å². The van der Waals surface area contributed by atoms with Crippen molar-refractivity contribution in [3.63, 3.8) is 0 Å². The van der Waals surface area contributed by atoms with Crippen LogP contribution in [0.5, 0.6) is 0 Å². The van der Waals surface area contributed by atoms with Crippen LogP contribution in [-0.2, 0) is 13.0 Å². The minimum atomic E-state index is -0.331. The standard InChI is InChI=1S/C27H23FN4O/c28-22-11-7-10-20(16-22)25-24-17-21(18-29-15-14-19-8-3-1-4-9-19)27(33)30-26(24)32(31-25)23-12-5-2-6-13-23/h1-13,16-17,29H,14-15,18H2,(H,30,33). The first-order valence-electron chi connectivity index (χ1n) is 10.9. The number of para-hydroxylation sites is 1. The Bertz CT molecular complexity index is 1440. The van der Waals surface area contributed by atoms with Gasteiger partial charge in [-0.05, 0) is 48.9 Å². The molecule has 0 unspecified atom stereocenters. The molecule has 164 valence electrons. The van der Waals surface area contributed by atoms with Crippen molar-refractivity contribution >= 4 is 11.0 Å². The van der Waals surface area contributed by atoms with Crippen molar-refractivity contribution in [2.75, 3.05) is 6.54 Å². The Morgan fingerprint density at radius 3 is 2.42 bits per heavy atom. The molecule has 0 atom stereocenters. The molecule has 0 bridgehead atoms. The van der Waals surface area contributed by atoms with E-state index in [1.54, 1.807) is 10.7 Å². The minimum absolute atomic E-state index is 0.169. The molecule has 0 spiro atoms. The lowest BCUT2D eigenvalue weighted by atomic mass is 10.1. The number of hydrogen-bond donors (Lipinski definition) is 2. The summed E-state index contributed by atoms with van der Waals surface area (Å²) < 4.78 is 15.7. The topological polar surface area (TPSA) is 62.7 Å². The van der Waals surface area contributed by atoms with Gasteiger partial charge in [-0.2, -0.15) is 5.10 Å². The van der Waals surface area contributed by atoms with Crippen molar-refractivity contribution in [1.82, 2.24) is 20.1 Å². The predicted octanol–water partition coefficient (Wildman–Crippen LogP) is 4.85. The number of aromatic nitrogens is 3. The van der Waals surface area contributed by atoms with Crippen LogP contribution in [0.4, 0.5) is 4.39 Å². The van der Waals surface area contributed by atoms with E-state index in [-0.39, 0.29) is 11.4 Å². The number of aromatic amines is 1. The number of hydrogen-bond acceptors (Lipinski definition) is 3. The summed E-state index contributed by atoms with van der Waals surface area (Å²) in [5, 5.41) is 8.87. The fourth-order valence-electron chi connectivity index (χ4n) is 3.95. The smallest absolute Gasteiger partial charge is 0.254 e. The number of pyridine rings is 1. The Balaban J connectivity index is 1.51. The number of nitrogens with one attached hydrogen (secondary N) is 2. The summed E-state index contributed by atoms with van der Waals surface area (Å²) in [6.45, 7) is 1.18. The third-order valence-electron chi connectivity index (χ3n) is 5.61. The van der Waals surface area contributed by atoms with Gasteiger partial charge in [0.1, 0.15) is 17.2 Å². The Morgan fingerprint density at radius 2 is 1.67 bits per heavy atom. The molecule has 33 heavy (non-hydrogen) atoms. The van der Waals surface area contributed by atoms with Crippen LogP contribution in [0.3, 0.4) is 0 Å². The fraction of sp³-hybridized carbons (Fsp3) is 0.111. The molecule has 3 aromatic carbocycles. The average Bonchev–Trinajstić information content (AvgIpc) is 3.21. The van der Waals surface area contributed by atoms with E-state index in [2.05, 4.69) is 22.4 Å². The molecular formula is C27H23FN4O. The van der Waals surface area contributed by atoms with Gasteiger partial charge in [0.2, 0.25) is 0 Å². The van der Waals surface area contributed by atoms with E-state index in [1.807, 2.05) is 60.7 Å². The Kier molecular flexibility index (Phi) is 5.83. The maximum Gasteiger partial charge on any atom is 0.254 e. The van der Waals surface area contributed by atoms with E-state index < -0.39 is 0 Å². The minimum Gasteiger partial charge on any atom is -0.312 e. The van der Waals surface area contributed by atoms with Crippen molar-refractivity contribution in [1.29, 1.82) is 0 Å². The molecule has 6 heteroatoms. The van der Waals surface area contributed by atoms with Gasteiger partial charge in [0.25, 0.3) is 5.56 Å². The first kappa shape index (κ1) is 20.8. The molecule has 0 fully saturated rings. The first-order valence-corrected chi connectivity index (χ1v) is 10.9. The van der Waals surface area contributed by atoms with Gasteiger partial charge >= 0.3 is 0 Å². The molecule has 0 aliphatic carbocycles. The van der Waals surface area contributed by atoms with Gasteiger partial charge in [-0.1, -0.05) is 60.7 Å². The quantitative estimate of drug-likeness (QED) is 0.357. The van der Waals surface area contributed by atoms with Crippen LogP contribution < -0.4 is 10.9 Å². The number of rotatable bonds is 7. The van der Waals surface area contributed by atoms with Gasteiger partial charge in [-0.3, -0.25) is 4.79 Å². The summed E-state index contributed by atoms with van der Waals surface area (Å²) in [7, 11) is 0. The summed E-state index contributed by atoms with van der Waals surface area (Å²) in [4.78, 5) is 15.9. The van der Waals surface area contributed by atoms with E-state index in [0.717, 1.165) is 24.0 Å². The van der Waals surface area contributed by atoms with Crippen LogP contribution in [0.1, 0.15) is 11.1 Å². The lowest BCUT2D eigenvalue weighted by molar-refractivity contribution is 0.628. The summed E-state index contributed by atoms with van der Waals surface area (Å²) in [5.41, 5.74) is 4.36. The number of benzene rings is 3. The van der Waals surface area contributed by atoms with Crippen molar-refractivity contribution in [2.45, 2.75) is 13.0 Å². The third-order valence-corrected chi connectivity index (χ3v) is 5.61. The zero-order chi connectivity index (χ0) is 22.6. The summed E-state index contributed by atoms with van der Waals surface area (Å²) in [6, 6.07) is 28.0. The van der Waals surface area contributed by atoms with Crippen molar-refractivity contribution in [2.24, 2.45) is 0 Å². The molecule has 0 saturated carbocycles. The highest BCUT2D eigenvalue weighted by Crippen LogP contribution is 2.29. The number of fused-ring (bicyclic) bond motifs is 1. The second-order valence-corrected chi connectivity index (χ2v) is 7.90. The number of nitrogens with zero attached hydrogens (tertiary/aromatic N) is 2. The zero-order valence-electron chi connectivity index (χ0n) is 18.0. The van der Waals surface area contributed by atoms with Crippen LogP contribution in [0.25, 0.3) is 28.0 Å². The van der Waals surface area contributed by atoms with Gasteiger partial charge in [0.05, 0.1) is 5.69 Å². The summed E-state index contributed by atoms with van der Waals surface area (Å²) in [5.74, 6) is -0.331. The lowest BCUT2D eigenvalue weighted by Crippen LogP contribution is -2.23. The van der Waals surface area contributed by atoms with Crippen LogP contribution >= 0.6 is 0 Å². The monoisotopic (exact) mass is 438 g/mol. The highest BCUT2D eigenvalue weighted by molar-refractivity contribution is 5.92. The molecule has 2 N–H and O–H groups in total. The van der Waals surface area contributed by atoms with Crippen LogP contribution in [0.2, 0.25) is 0 Å². The largest absolute Gasteiger partial charge is 0.312 e. The molecule has 5 aromatic rings. The van der Waals surface area contributed by atoms with Gasteiger partial charge in [-0.15, -0.1) is 0 Å². The predicted molar refractivity (Wildman–Crippen MR) is 129 cm³/mol. The van der Waals surface area contributed by atoms with Gasteiger partial charge in [0.15, 0.2) is 0 Å². The molecule has 0 aliphatic heterocycles. The molecule has 5 rings (SSSR count). The van der Waals surface area contributed by atoms with E-state index in [0.29, 0.717) is 29.0 Å². The second kappa shape index (κ2) is 9.22. The molecule has 5 nitrogen and oxygen atoms in total. The molecule has 0 radical (unpaired) electrons. The fourth-order valence-corrected chi connectivity index (χ4v) is 3.95. The van der Waals surface area contributed by atoms with Crippen LogP contribution in [-0.4, -0.2) is 21.3 Å². The lowest BCUT2D eigenvalue weighted by Gasteiger charge is -2.06. The van der Waals surface area contributed by atoms with Crippen LogP contribution in [0.15, 0.2) is 95.8 Å². The molecule has 2 heterocycles.